The Morgan fingerprint density at radius 3 is 1.54 bits per heavy atom. The van der Waals surface area contributed by atoms with Gasteiger partial charge in [0.15, 0.2) is 0 Å². The molecule has 0 aromatic rings. The van der Waals surface area contributed by atoms with Crippen molar-refractivity contribution in [2.75, 3.05) is 54.1 Å². The van der Waals surface area contributed by atoms with E-state index in [0.29, 0.717) is 24.1 Å². The average molecular weight is 786 g/mol. The summed E-state index contributed by atoms with van der Waals surface area (Å²) in [5, 5.41) is 0. The third kappa shape index (κ3) is 42.1. The quantitative estimate of drug-likeness (QED) is 0.0200. The molecule has 2 unspecified atom stereocenters. The first kappa shape index (κ1) is 53.0. The third-order valence-electron chi connectivity index (χ3n) is 9.76. The number of unbranched alkanes of at least 4 members (excludes halogenated alkanes) is 24. The second-order valence-corrected chi connectivity index (χ2v) is 17.8. The Morgan fingerprint density at radius 1 is 0.574 bits per heavy atom. The summed E-state index contributed by atoms with van der Waals surface area (Å²) in [6, 6.07) is 0. The number of phosphoric acid groups is 1. The van der Waals surface area contributed by atoms with Crippen LogP contribution in [0.1, 0.15) is 200 Å². The van der Waals surface area contributed by atoms with Crippen LogP contribution in [0, 0.1) is 0 Å². The fourth-order valence-electron chi connectivity index (χ4n) is 6.22. The number of ether oxygens (including phenoxy) is 2. The van der Waals surface area contributed by atoms with Gasteiger partial charge in [0.1, 0.15) is 19.3 Å². The van der Waals surface area contributed by atoms with Gasteiger partial charge < -0.3 is 27.9 Å². The molecule has 0 aliphatic heterocycles. The van der Waals surface area contributed by atoms with Gasteiger partial charge in [-0.3, -0.25) is 9.36 Å². The Hall–Kier alpha value is -1.02. The van der Waals surface area contributed by atoms with Gasteiger partial charge in [0.25, 0.3) is 7.82 Å². The highest BCUT2D eigenvalue weighted by Crippen LogP contribution is 2.38. The van der Waals surface area contributed by atoms with E-state index >= 15 is 0 Å². The minimum absolute atomic E-state index is 0.0275. The van der Waals surface area contributed by atoms with E-state index < -0.39 is 13.9 Å². The minimum Gasteiger partial charge on any atom is -0.756 e. The molecule has 0 aromatic heterocycles. The Bertz CT molecular complexity index is 920. The molecular formula is C45H88NO7P. The number of quaternary nitrogens is 1. The first-order valence-corrected chi connectivity index (χ1v) is 24.0. The van der Waals surface area contributed by atoms with Crippen LogP contribution in [0.3, 0.4) is 0 Å². The molecule has 0 bridgehead atoms. The van der Waals surface area contributed by atoms with Crippen LogP contribution in [-0.2, 0) is 27.9 Å². The van der Waals surface area contributed by atoms with Crippen LogP contribution in [-0.4, -0.2) is 70.7 Å². The van der Waals surface area contributed by atoms with Gasteiger partial charge in [0, 0.05) is 13.0 Å². The fourth-order valence-corrected chi connectivity index (χ4v) is 6.95. The largest absolute Gasteiger partial charge is 0.756 e. The van der Waals surface area contributed by atoms with Crippen molar-refractivity contribution in [3.8, 4) is 0 Å². The molecule has 0 radical (unpaired) electrons. The Labute approximate surface area is 334 Å². The minimum atomic E-state index is -4.52. The van der Waals surface area contributed by atoms with Gasteiger partial charge in [0.2, 0.25) is 0 Å². The standard InChI is InChI=1S/C45H88NO7P/c1-6-8-10-12-14-16-18-20-21-22-23-24-25-26-27-29-31-33-35-37-40-50-42-44(43-52-54(48,49)51-41-39-46(3,4)5)53-45(47)38-36-34-32-30-28-19-17-15-13-11-9-7-2/h14,16,20-21,44H,6-13,15,17-19,22-43H2,1-5H3/b16-14-,21-20-. The van der Waals surface area contributed by atoms with Gasteiger partial charge in [-0.15, -0.1) is 0 Å². The van der Waals surface area contributed by atoms with Crippen LogP contribution < -0.4 is 4.89 Å². The maximum atomic E-state index is 12.6. The smallest absolute Gasteiger partial charge is 0.306 e. The van der Waals surface area contributed by atoms with Crippen LogP contribution in [0.15, 0.2) is 24.3 Å². The molecule has 0 N–H and O–H groups in total. The van der Waals surface area contributed by atoms with E-state index in [2.05, 4.69) is 38.2 Å². The summed E-state index contributed by atoms with van der Waals surface area (Å²) < 4.78 is 34.6. The second-order valence-electron chi connectivity index (χ2n) is 16.4. The predicted molar refractivity (Wildman–Crippen MR) is 227 cm³/mol. The zero-order valence-electron chi connectivity index (χ0n) is 36.2. The van der Waals surface area contributed by atoms with E-state index in [0.717, 1.165) is 38.5 Å². The highest BCUT2D eigenvalue weighted by atomic mass is 31.2. The summed E-state index contributed by atoms with van der Waals surface area (Å²) in [7, 11) is 1.36. The first-order chi connectivity index (χ1) is 26.1. The lowest BCUT2D eigenvalue weighted by Crippen LogP contribution is -2.37. The van der Waals surface area contributed by atoms with E-state index in [-0.39, 0.29) is 25.8 Å². The highest BCUT2D eigenvalue weighted by molar-refractivity contribution is 7.45. The molecule has 320 valence electrons. The van der Waals surface area contributed by atoms with Crippen LogP contribution >= 0.6 is 7.82 Å². The van der Waals surface area contributed by atoms with Crippen molar-refractivity contribution >= 4 is 13.8 Å². The maximum Gasteiger partial charge on any atom is 0.306 e. The summed E-state index contributed by atoms with van der Waals surface area (Å²) in [4.78, 5) is 25.0. The highest BCUT2D eigenvalue weighted by Gasteiger charge is 2.20. The summed E-state index contributed by atoms with van der Waals surface area (Å²) in [5.74, 6) is -0.334. The van der Waals surface area contributed by atoms with Crippen LogP contribution in [0.5, 0.6) is 0 Å². The van der Waals surface area contributed by atoms with E-state index in [4.69, 9.17) is 18.5 Å². The molecular weight excluding hydrogens is 697 g/mol. The van der Waals surface area contributed by atoms with Crippen LogP contribution in [0.2, 0.25) is 0 Å². The fraction of sp³-hybridized carbons (Fsp3) is 0.889. The Balaban J connectivity index is 4.15. The molecule has 0 aliphatic carbocycles. The number of carbonyl (C=O) groups is 1. The van der Waals surface area contributed by atoms with Crippen LogP contribution in [0.4, 0.5) is 0 Å². The molecule has 0 spiro atoms. The summed E-state index contributed by atoms with van der Waals surface area (Å²) in [5.41, 5.74) is 0. The number of phosphoric ester groups is 1. The monoisotopic (exact) mass is 786 g/mol. The molecule has 54 heavy (non-hydrogen) atoms. The zero-order chi connectivity index (χ0) is 39.9. The molecule has 8 nitrogen and oxygen atoms in total. The number of hydrogen-bond donors (Lipinski definition) is 0. The van der Waals surface area contributed by atoms with E-state index in [1.54, 1.807) is 0 Å². The number of nitrogens with zero attached hydrogens (tertiary/aromatic N) is 1. The van der Waals surface area contributed by atoms with Gasteiger partial charge in [-0.1, -0.05) is 173 Å². The Kier molecular flexibility index (Phi) is 38.1. The molecule has 0 saturated carbocycles. The maximum absolute atomic E-state index is 12.6. The number of likely N-dealkylation sites (N-methyl/N-ethyl adjacent to an activating group) is 1. The average Bonchev–Trinajstić information content (AvgIpc) is 3.12. The molecule has 0 saturated heterocycles. The van der Waals surface area contributed by atoms with Crippen molar-refractivity contribution in [3.63, 3.8) is 0 Å². The van der Waals surface area contributed by atoms with Crippen molar-refractivity contribution in [2.24, 2.45) is 0 Å². The van der Waals surface area contributed by atoms with Crippen molar-refractivity contribution in [1.82, 2.24) is 0 Å². The Morgan fingerprint density at radius 2 is 1.02 bits per heavy atom. The van der Waals surface area contributed by atoms with Gasteiger partial charge in [-0.05, 0) is 44.9 Å². The van der Waals surface area contributed by atoms with Crippen molar-refractivity contribution in [1.29, 1.82) is 0 Å². The lowest BCUT2D eigenvalue weighted by atomic mass is 10.0. The number of hydrogen-bond acceptors (Lipinski definition) is 7. The first-order valence-electron chi connectivity index (χ1n) is 22.6. The SMILES string of the molecule is CCCCC/C=C\C/C=C\CCCCCCCCCCCCOCC(COP(=O)([O-])OCC[N+](C)(C)C)OC(=O)CCCCCCCCCCCCCC. The number of rotatable bonds is 42. The summed E-state index contributed by atoms with van der Waals surface area (Å²) >= 11 is 0. The summed E-state index contributed by atoms with van der Waals surface area (Å²) in [6.45, 7) is 5.40. The predicted octanol–water partition coefficient (Wildman–Crippen LogP) is 12.6. The van der Waals surface area contributed by atoms with Crippen molar-refractivity contribution in [2.45, 2.75) is 206 Å². The lowest BCUT2D eigenvalue weighted by molar-refractivity contribution is -0.870. The van der Waals surface area contributed by atoms with E-state index in [9.17, 15) is 14.3 Å². The van der Waals surface area contributed by atoms with Gasteiger partial charge >= 0.3 is 5.97 Å². The third-order valence-corrected chi connectivity index (χ3v) is 10.7. The van der Waals surface area contributed by atoms with Crippen molar-refractivity contribution < 1.29 is 37.3 Å². The molecule has 9 heteroatoms. The normalized spacial score (nSPS) is 14.0. The van der Waals surface area contributed by atoms with Gasteiger partial charge in [-0.2, -0.15) is 0 Å². The number of carbonyl (C=O) groups excluding carboxylic acids is 1. The molecule has 0 rings (SSSR count). The van der Waals surface area contributed by atoms with Gasteiger partial charge in [-0.25, -0.2) is 0 Å². The molecule has 0 heterocycles. The van der Waals surface area contributed by atoms with Gasteiger partial charge in [0.05, 0.1) is 34.4 Å². The van der Waals surface area contributed by atoms with Crippen LogP contribution in [0.25, 0.3) is 0 Å². The zero-order valence-corrected chi connectivity index (χ0v) is 37.1. The number of allylic oxidation sites excluding steroid dienone is 4. The van der Waals surface area contributed by atoms with E-state index in [1.807, 2.05) is 21.1 Å². The van der Waals surface area contributed by atoms with Crippen molar-refractivity contribution in [3.05, 3.63) is 24.3 Å². The molecule has 0 fully saturated rings. The topological polar surface area (TPSA) is 94.1 Å². The number of esters is 1. The molecule has 0 aromatic carbocycles. The molecule has 2 atom stereocenters. The van der Waals surface area contributed by atoms with E-state index in [1.165, 1.54) is 141 Å². The summed E-state index contributed by atoms with van der Waals surface area (Å²) in [6.07, 6.45) is 43.3. The lowest BCUT2D eigenvalue weighted by Gasteiger charge is -2.28. The molecule has 0 amide bonds. The second kappa shape index (κ2) is 38.8. The molecule has 0 aliphatic rings.